The number of amides is 4. The smallest absolute Gasteiger partial charge is 0.335 e. The Hall–Kier alpha value is -4.44. The number of nitrogens with zero attached hydrogens (tertiary/aromatic N) is 1. The maximum atomic E-state index is 12.8. The molecule has 188 valence electrons. The minimum Gasteiger partial charge on any atom is -0.488 e. The van der Waals surface area contributed by atoms with Gasteiger partial charge in [-0.25, -0.2) is 14.5 Å². The van der Waals surface area contributed by atoms with Crippen molar-refractivity contribution in [3.8, 4) is 5.75 Å². The molecule has 0 saturated carbocycles. The molecule has 0 spiro atoms. The van der Waals surface area contributed by atoms with E-state index in [0.717, 1.165) is 10.5 Å². The molecule has 1 aliphatic heterocycles. The SMILES string of the molecule is Cc1ccc(NC(=O)CN2C(=O)NC(=Cc3ccc(OCc4cccc(C(=O)O)c4)c(Br)c3)C2=O)cc1. The molecule has 9 nitrogen and oxygen atoms in total. The van der Waals surface area contributed by atoms with E-state index in [1.165, 1.54) is 18.2 Å². The van der Waals surface area contributed by atoms with Gasteiger partial charge in [-0.15, -0.1) is 0 Å². The largest absolute Gasteiger partial charge is 0.488 e. The van der Waals surface area contributed by atoms with Crippen molar-refractivity contribution in [1.82, 2.24) is 10.2 Å². The highest BCUT2D eigenvalue weighted by Gasteiger charge is 2.34. The van der Waals surface area contributed by atoms with E-state index in [4.69, 9.17) is 9.84 Å². The lowest BCUT2D eigenvalue weighted by Crippen LogP contribution is -2.38. The Labute approximate surface area is 220 Å². The van der Waals surface area contributed by atoms with Gasteiger partial charge in [-0.1, -0.05) is 35.9 Å². The summed E-state index contributed by atoms with van der Waals surface area (Å²) in [7, 11) is 0. The average molecular weight is 564 g/mol. The van der Waals surface area contributed by atoms with Crippen molar-refractivity contribution < 1.29 is 29.0 Å². The predicted molar refractivity (Wildman–Crippen MR) is 140 cm³/mol. The normalized spacial score (nSPS) is 14.0. The van der Waals surface area contributed by atoms with Gasteiger partial charge in [-0.2, -0.15) is 0 Å². The van der Waals surface area contributed by atoms with Gasteiger partial charge in [0.25, 0.3) is 5.91 Å². The van der Waals surface area contributed by atoms with Crippen LogP contribution < -0.4 is 15.4 Å². The maximum absolute atomic E-state index is 12.8. The van der Waals surface area contributed by atoms with Crippen LogP contribution in [0.4, 0.5) is 10.5 Å². The van der Waals surface area contributed by atoms with E-state index >= 15 is 0 Å². The Bertz CT molecular complexity index is 1420. The molecule has 4 rings (SSSR count). The molecule has 3 N–H and O–H groups in total. The number of aromatic carboxylic acids is 1. The number of ether oxygens (including phenoxy) is 1. The van der Waals surface area contributed by atoms with Crippen LogP contribution in [-0.2, 0) is 16.2 Å². The van der Waals surface area contributed by atoms with E-state index in [1.807, 2.05) is 19.1 Å². The highest BCUT2D eigenvalue weighted by Crippen LogP contribution is 2.28. The van der Waals surface area contributed by atoms with Gasteiger partial charge >= 0.3 is 12.0 Å². The van der Waals surface area contributed by atoms with Gasteiger partial charge in [0.05, 0.1) is 10.0 Å². The van der Waals surface area contributed by atoms with Crippen molar-refractivity contribution in [2.45, 2.75) is 13.5 Å². The van der Waals surface area contributed by atoms with Crippen LogP contribution in [0.5, 0.6) is 5.75 Å². The number of carboxylic acids is 1. The van der Waals surface area contributed by atoms with Crippen LogP contribution in [0, 0.1) is 6.92 Å². The van der Waals surface area contributed by atoms with Crippen molar-refractivity contribution in [1.29, 1.82) is 0 Å². The van der Waals surface area contributed by atoms with Gasteiger partial charge in [-0.05, 0) is 76.5 Å². The van der Waals surface area contributed by atoms with Crippen molar-refractivity contribution in [2.75, 3.05) is 11.9 Å². The van der Waals surface area contributed by atoms with E-state index < -0.39 is 30.4 Å². The van der Waals surface area contributed by atoms with Crippen molar-refractivity contribution in [2.24, 2.45) is 0 Å². The summed E-state index contributed by atoms with van der Waals surface area (Å²) in [6, 6.07) is 18.0. The number of hydrogen-bond donors (Lipinski definition) is 3. The number of anilines is 1. The second kappa shape index (κ2) is 11.1. The van der Waals surface area contributed by atoms with Gasteiger partial charge in [0.2, 0.25) is 5.91 Å². The number of carbonyl (C=O) groups is 4. The van der Waals surface area contributed by atoms with Gasteiger partial charge in [0, 0.05) is 5.69 Å². The second-order valence-electron chi connectivity index (χ2n) is 8.28. The first-order valence-electron chi connectivity index (χ1n) is 11.2. The summed E-state index contributed by atoms with van der Waals surface area (Å²) in [4.78, 5) is 49.4. The zero-order valence-electron chi connectivity index (χ0n) is 19.7. The summed E-state index contributed by atoms with van der Waals surface area (Å²) in [5, 5.41) is 14.3. The van der Waals surface area contributed by atoms with Crippen LogP contribution in [0.15, 0.2) is 76.9 Å². The van der Waals surface area contributed by atoms with E-state index in [0.29, 0.717) is 27.0 Å². The zero-order chi connectivity index (χ0) is 26.5. The van der Waals surface area contributed by atoms with Crippen LogP contribution in [0.2, 0.25) is 0 Å². The standard InChI is InChI=1S/C27H22BrN3O6/c1-16-5-8-20(9-6-16)29-24(32)14-31-25(33)22(30-27(31)36)13-17-7-10-23(21(28)12-17)37-15-18-3-2-4-19(11-18)26(34)35/h2-13H,14-15H2,1H3,(H,29,32)(H,30,36)(H,34,35). The molecule has 1 saturated heterocycles. The van der Waals surface area contributed by atoms with Crippen molar-refractivity contribution >= 4 is 51.5 Å². The molecule has 1 heterocycles. The third kappa shape index (κ3) is 6.42. The fraction of sp³-hybridized carbons (Fsp3) is 0.111. The topological polar surface area (TPSA) is 125 Å². The summed E-state index contributed by atoms with van der Waals surface area (Å²) < 4.78 is 6.39. The van der Waals surface area contributed by atoms with E-state index in [2.05, 4.69) is 26.6 Å². The number of benzene rings is 3. The number of carbonyl (C=O) groups excluding carboxylic acids is 3. The number of halogens is 1. The lowest BCUT2D eigenvalue weighted by Gasteiger charge is -2.12. The Kier molecular flexibility index (Phi) is 7.69. The van der Waals surface area contributed by atoms with Gasteiger partial charge < -0.3 is 20.5 Å². The first-order chi connectivity index (χ1) is 17.7. The first kappa shape index (κ1) is 25.6. The highest BCUT2D eigenvalue weighted by atomic mass is 79.9. The molecule has 0 aromatic heterocycles. The molecule has 1 fully saturated rings. The Balaban J connectivity index is 1.39. The number of rotatable bonds is 8. The fourth-order valence-electron chi connectivity index (χ4n) is 3.54. The van der Waals surface area contributed by atoms with Gasteiger partial charge in [-0.3, -0.25) is 9.59 Å². The summed E-state index contributed by atoms with van der Waals surface area (Å²) >= 11 is 3.43. The average Bonchev–Trinajstić information content (AvgIpc) is 3.12. The Morgan fingerprint density at radius 3 is 2.54 bits per heavy atom. The summed E-state index contributed by atoms with van der Waals surface area (Å²) in [6.45, 7) is 1.67. The Morgan fingerprint density at radius 2 is 1.84 bits per heavy atom. The molecule has 0 radical (unpaired) electrons. The first-order valence-corrected chi connectivity index (χ1v) is 11.9. The zero-order valence-corrected chi connectivity index (χ0v) is 21.2. The molecule has 0 unspecified atom stereocenters. The van der Waals surface area contributed by atoms with Gasteiger partial charge in [0.1, 0.15) is 24.6 Å². The fourth-order valence-corrected chi connectivity index (χ4v) is 4.05. The molecule has 4 amide bonds. The second-order valence-corrected chi connectivity index (χ2v) is 9.13. The molecular formula is C27H22BrN3O6. The minimum absolute atomic E-state index is 0.0409. The number of urea groups is 1. The molecule has 3 aromatic carbocycles. The van der Waals surface area contributed by atoms with Gasteiger partial charge in [0.15, 0.2) is 0 Å². The lowest BCUT2D eigenvalue weighted by molar-refractivity contribution is -0.127. The van der Waals surface area contributed by atoms with Crippen LogP contribution in [0.3, 0.4) is 0 Å². The van der Waals surface area contributed by atoms with E-state index in [-0.39, 0.29) is 17.9 Å². The minimum atomic E-state index is -1.01. The number of aryl methyl sites for hydroxylation is 1. The van der Waals surface area contributed by atoms with Crippen LogP contribution in [0.25, 0.3) is 6.08 Å². The molecule has 1 aliphatic rings. The Morgan fingerprint density at radius 1 is 1.08 bits per heavy atom. The molecule has 0 atom stereocenters. The number of hydrogen-bond acceptors (Lipinski definition) is 5. The van der Waals surface area contributed by atoms with Crippen LogP contribution in [-0.4, -0.2) is 40.4 Å². The van der Waals surface area contributed by atoms with E-state index in [1.54, 1.807) is 42.5 Å². The molecule has 10 heteroatoms. The summed E-state index contributed by atoms with van der Waals surface area (Å²) in [5.41, 5.74) is 3.13. The number of imide groups is 1. The lowest BCUT2D eigenvalue weighted by atomic mass is 10.1. The highest BCUT2D eigenvalue weighted by molar-refractivity contribution is 9.10. The summed E-state index contributed by atoms with van der Waals surface area (Å²) in [6.07, 6.45) is 1.50. The van der Waals surface area contributed by atoms with Crippen molar-refractivity contribution in [3.63, 3.8) is 0 Å². The summed E-state index contributed by atoms with van der Waals surface area (Å²) in [5.74, 6) is -1.61. The van der Waals surface area contributed by atoms with Crippen LogP contribution in [0.1, 0.15) is 27.0 Å². The van der Waals surface area contributed by atoms with Crippen LogP contribution >= 0.6 is 15.9 Å². The monoisotopic (exact) mass is 563 g/mol. The third-order valence-electron chi connectivity index (χ3n) is 5.43. The molecule has 0 bridgehead atoms. The van der Waals surface area contributed by atoms with Crippen molar-refractivity contribution in [3.05, 3.63) is 99.2 Å². The number of carboxylic acid groups (broad SMARTS) is 1. The molecular weight excluding hydrogens is 542 g/mol. The molecule has 3 aromatic rings. The predicted octanol–water partition coefficient (Wildman–Crippen LogP) is 4.57. The molecule has 0 aliphatic carbocycles. The molecule has 37 heavy (non-hydrogen) atoms. The number of nitrogens with one attached hydrogen (secondary N) is 2. The van der Waals surface area contributed by atoms with E-state index in [9.17, 15) is 19.2 Å². The maximum Gasteiger partial charge on any atom is 0.335 e. The third-order valence-corrected chi connectivity index (χ3v) is 6.05. The quantitative estimate of drug-likeness (QED) is 0.272.